The Morgan fingerprint density at radius 1 is 1.45 bits per heavy atom. The number of esters is 1. The van der Waals surface area contributed by atoms with Crippen LogP contribution in [0, 0.1) is 6.92 Å². The normalized spacial score (nSPS) is 22.0. The van der Waals surface area contributed by atoms with E-state index in [-0.39, 0.29) is 24.7 Å². The quantitative estimate of drug-likeness (QED) is 0.622. The van der Waals surface area contributed by atoms with Crippen LogP contribution in [0.15, 0.2) is 11.5 Å². The molecule has 2 unspecified atom stereocenters. The van der Waals surface area contributed by atoms with Gasteiger partial charge in [0.2, 0.25) is 0 Å². The molecule has 7 heteroatoms. The summed E-state index contributed by atoms with van der Waals surface area (Å²) in [6.45, 7) is 6.52. The lowest BCUT2D eigenvalue weighted by atomic mass is 10.2. The first kappa shape index (κ1) is 16.6. The molecule has 1 aromatic heterocycles. The van der Waals surface area contributed by atoms with Gasteiger partial charge >= 0.3 is 5.97 Å². The Kier molecular flexibility index (Phi) is 5.68. The summed E-state index contributed by atoms with van der Waals surface area (Å²) in [5, 5.41) is 2.78. The largest absolute Gasteiger partial charge is 0.452 e. The summed E-state index contributed by atoms with van der Waals surface area (Å²) in [6.07, 6.45) is 2.86. The van der Waals surface area contributed by atoms with E-state index in [1.807, 2.05) is 26.2 Å². The highest BCUT2D eigenvalue weighted by atomic mass is 32.1. The van der Waals surface area contributed by atoms with E-state index in [0.717, 1.165) is 5.01 Å². The number of aromatic nitrogens is 1. The van der Waals surface area contributed by atoms with Crippen molar-refractivity contribution >= 4 is 29.3 Å². The number of aryl methyl sites for hydroxylation is 1. The molecule has 0 radical (unpaired) electrons. The number of ether oxygens (including phenoxy) is 2. The predicted octanol–water partition coefficient (Wildman–Crippen LogP) is 1.64. The minimum absolute atomic E-state index is 0.00352. The van der Waals surface area contributed by atoms with Crippen LogP contribution in [0.25, 0.3) is 6.08 Å². The highest BCUT2D eigenvalue weighted by Crippen LogP contribution is 2.11. The molecule has 2 atom stereocenters. The van der Waals surface area contributed by atoms with E-state index in [1.54, 1.807) is 11.0 Å². The number of hydrogen-bond acceptors (Lipinski definition) is 6. The molecule has 6 nitrogen and oxygen atoms in total. The summed E-state index contributed by atoms with van der Waals surface area (Å²) in [4.78, 5) is 29.5. The molecular weight excluding hydrogens is 304 g/mol. The van der Waals surface area contributed by atoms with E-state index in [9.17, 15) is 9.59 Å². The van der Waals surface area contributed by atoms with Crippen molar-refractivity contribution in [2.45, 2.75) is 33.0 Å². The van der Waals surface area contributed by atoms with E-state index in [4.69, 9.17) is 9.47 Å². The maximum atomic E-state index is 12.0. The van der Waals surface area contributed by atoms with Crippen molar-refractivity contribution in [2.24, 2.45) is 0 Å². The van der Waals surface area contributed by atoms with Gasteiger partial charge in [0.25, 0.3) is 5.91 Å². The number of morpholine rings is 1. The number of rotatable bonds is 4. The summed E-state index contributed by atoms with van der Waals surface area (Å²) >= 11 is 1.51. The first-order valence-electron chi connectivity index (χ1n) is 7.14. The zero-order chi connectivity index (χ0) is 16.1. The lowest BCUT2D eigenvalue weighted by molar-refractivity contribution is -0.154. The third-order valence-corrected chi connectivity index (χ3v) is 3.93. The number of carbonyl (C=O) groups excluding carboxylic acids is 2. The predicted molar refractivity (Wildman–Crippen MR) is 83.4 cm³/mol. The topological polar surface area (TPSA) is 68.7 Å². The van der Waals surface area contributed by atoms with E-state index in [1.165, 1.54) is 17.4 Å². The second-order valence-corrected chi connectivity index (χ2v) is 6.35. The number of hydrogen-bond donors (Lipinski definition) is 0. The molecule has 1 aliphatic rings. The van der Waals surface area contributed by atoms with Gasteiger partial charge in [0.15, 0.2) is 6.61 Å². The van der Waals surface area contributed by atoms with Gasteiger partial charge in [0, 0.05) is 24.5 Å². The number of thiazole rings is 1. The Labute approximate surface area is 133 Å². The van der Waals surface area contributed by atoms with Crippen molar-refractivity contribution in [3.8, 4) is 0 Å². The highest BCUT2D eigenvalue weighted by Gasteiger charge is 2.26. The standard InChI is InChI=1S/C15H20N2O4S/c1-10-6-17(7-11(2)21-10)14(18)8-20-15(19)5-4-13-9-22-12(3)16-13/h4-5,9-11H,6-8H2,1-3H3/b5-4+. The molecule has 0 bridgehead atoms. The monoisotopic (exact) mass is 324 g/mol. The first-order valence-corrected chi connectivity index (χ1v) is 8.02. The molecular formula is C15H20N2O4S. The zero-order valence-electron chi connectivity index (χ0n) is 12.9. The van der Waals surface area contributed by atoms with Crippen LogP contribution < -0.4 is 0 Å². The van der Waals surface area contributed by atoms with E-state index >= 15 is 0 Å². The summed E-state index contributed by atoms with van der Waals surface area (Å²) in [5.41, 5.74) is 0.710. The number of carbonyl (C=O) groups is 2. The molecule has 0 aliphatic carbocycles. The van der Waals surface area contributed by atoms with E-state index < -0.39 is 5.97 Å². The van der Waals surface area contributed by atoms with Gasteiger partial charge in [-0.3, -0.25) is 4.79 Å². The molecule has 1 amide bonds. The first-order chi connectivity index (χ1) is 10.4. The Morgan fingerprint density at radius 3 is 2.73 bits per heavy atom. The Hall–Kier alpha value is -1.73. The molecule has 0 spiro atoms. The molecule has 2 rings (SSSR count). The molecule has 1 aliphatic heterocycles. The third-order valence-electron chi connectivity index (χ3n) is 3.14. The molecule has 0 aromatic carbocycles. The van der Waals surface area contributed by atoms with Gasteiger partial charge in [-0.15, -0.1) is 11.3 Å². The van der Waals surface area contributed by atoms with Gasteiger partial charge in [-0.1, -0.05) is 0 Å². The summed E-state index contributed by atoms with van der Waals surface area (Å²) < 4.78 is 10.5. The van der Waals surface area contributed by atoms with Gasteiger partial charge in [0.05, 0.1) is 22.9 Å². The van der Waals surface area contributed by atoms with Crippen molar-refractivity contribution in [3.63, 3.8) is 0 Å². The molecule has 22 heavy (non-hydrogen) atoms. The van der Waals surface area contributed by atoms with Gasteiger partial charge in [-0.05, 0) is 26.8 Å². The maximum Gasteiger partial charge on any atom is 0.331 e. The fraction of sp³-hybridized carbons (Fsp3) is 0.533. The third kappa shape index (κ3) is 4.92. The van der Waals surface area contributed by atoms with Gasteiger partial charge in [0.1, 0.15) is 0 Å². The lowest BCUT2D eigenvalue weighted by Crippen LogP contribution is -2.49. The van der Waals surface area contributed by atoms with Gasteiger partial charge < -0.3 is 14.4 Å². The fourth-order valence-electron chi connectivity index (χ4n) is 2.26. The molecule has 0 N–H and O–H groups in total. The average molecular weight is 324 g/mol. The second kappa shape index (κ2) is 7.51. The highest BCUT2D eigenvalue weighted by molar-refractivity contribution is 7.09. The van der Waals surface area contributed by atoms with Crippen LogP contribution in [-0.4, -0.2) is 53.7 Å². The smallest absolute Gasteiger partial charge is 0.331 e. The van der Waals surface area contributed by atoms with Gasteiger partial charge in [-0.2, -0.15) is 0 Å². The van der Waals surface area contributed by atoms with Crippen molar-refractivity contribution in [1.82, 2.24) is 9.88 Å². The number of amides is 1. The fourth-order valence-corrected chi connectivity index (χ4v) is 2.84. The van der Waals surface area contributed by atoms with Crippen LogP contribution in [0.3, 0.4) is 0 Å². The minimum atomic E-state index is -0.548. The van der Waals surface area contributed by atoms with Crippen LogP contribution in [0.4, 0.5) is 0 Å². The molecule has 1 saturated heterocycles. The second-order valence-electron chi connectivity index (χ2n) is 5.29. The zero-order valence-corrected chi connectivity index (χ0v) is 13.8. The molecule has 0 saturated carbocycles. The van der Waals surface area contributed by atoms with Crippen molar-refractivity contribution < 1.29 is 19.1 Å². The molecule has 2 heterocycles. The average Bonchev–Trinajstić information content (AvgIpc) is 2.87. The summed E-state index contributed by atoms with van der Waals surface area (Å²) in [6, 6.07) is 0. The summed E-state index contributed by atoms with van der Waals surface area (Å²) in [5.74, 6) is -0.749. The minimum Gasteiger partial charge on any atom is -0.452 e. The van der Waals surface area contributed by atoms with Crippen molar-refractivity contribution in [2.75, 3.05) is 19.7 Å². The van der Waals surface area contributed by atoms with E-state index in [2.05, 4.69) is 4.98 Å². The van der Waals surface area contributed by atoms with Crippen LogP contribution in [0.5, 0.6) is 0 Å². The van der Waals surface area contributed by atoms with Crippen molar-refractivity contribution in [1.29, 1.82) is 0 Å². The Bertz CT molecular complexity index is 560. The van der Waals surface area contributed by atoms with Crippen LogP contribution in [0.1, 0.15) is 24.5 Å². The van der Waals surface area contributed by atoms with E-state index in [0.29, 0.717) is 18.8 Å². The van der Waals surface area contributed by atoms with Crippen LogP contribution in [0.2, 0.25) is 0 Å². The summed E-state index contributed by atoms with van der Waals surface area (Å²) in [7, 11) is 0. The van der Waals surface area contributed by atoms with Crippen LogP contribution in [-0.2, 0) is 19.1 Å². The van der Waals surface area contributed by atoms with Crippen LogP contribution >= 0.6 is 11.3 Å². The molecule has 1 fully saturated rings. The Morgan fingerprint density at radius 2 is 2.14 bits per heavy atom. The Balaban J connectivity index is 1.78. The number of nitrogens with zero attached hydrogens (tertiary/aromatic N) is 2. The maximum absolute atomic E-state index is 12.0. The van der Waals surface area contributed by atoms with Crippen molar-refractivity contribution in [3.05, 3.63) is 22.2 Å². The van der Waals surface area contributed by atoms with Gasteiger partial charge in [-0.25, -0.2) is 9.78 Å². The molecule has 120 valence electrons. The lowest BCUT2D eigenvalue weighted by Gasteiger charge is -2.35. The SMILES string of the molecule is Cc1nc(/C=C/C(=O)OCC(=O)N2CC(C)OC(C)C2)cs1. The molecule has 1 aromatic rings.